The van der Waals surface area contributed by atoms with Gasteiger partial charge in [0, 0.05) is 64.1 Å². The van der Waals surface area contributed by atoms with Crippen molar-refractivity contribution < 1.29 is 9.47 Å². The highest BCUT2D eigenvalue weighted by atomic mass is 31.0. The molecule has 2 atom stereocenters. The van der Waals surface area contributed by atoms with Gasteiger partial charge in [-0.2, -0.15) is 0 Å². The summed E-state index contributed by atoms with van der Waals surface area (Å²) in [6.45, 7) is 4.09. The van der Waals surface area contributed by atoms with Crippen molar-refractivity contribution in [3.63, 3.8) is 0 Å². The number of para-hydroxylation sites is 2. The first-order valence-corrected chi connectivity index (χ1v) is 14.8. The third kappa shape index (κ3) is 3.98. The van der Waals surface area contributed by atoms with E-state index in [9.17, 15) is 0 Å². The molecule has 0 bridgehead atoms. The van der Waals surface area contributed by atoms with Gasteiger partial charge in [-0.3, -0.25) is 0 Å². The summed E-state index contributed by atoms with van der Waals surface area (Å²) in [5, 5.41) is 5.54. The molecule has 0 aliphatic rings. The Bertz CT molecular complexity index is 2290. The highest BCUT2D eigenvalue weighted by molar-refractivity contribution is 7.35. The lowest BCUT2D eigenvalue weighted by molar-refractivity contribution is 0.403. The van der Waals surface area contributed by atoms with E-state index in [1.54, 1.807) is 0 Å². The number of aryl methyl sites for hydroxylation is 4. The quantitative estimate of drug-likeness (QED) is 0.158. The molecule has 0 N–H and O–H groups in total. The molecule has 0 amide bonds. The SMILES string of the molecule is C#Cc1c(P)c(P)nc(Oc2cc3c(cc2C)c2ccccc2n3C)c1Oc1cc2c(cc1C)c1ccccc1n2C. The minimum Gasteiger partial charge on any atom is -0.450 e. The maximum Gasteiger partial charge on any atom is 0.265 e. The first-order chi connectivity index (χ1) is 20.3. The number of terminal acetylenes is 1. The zero-order valence-electron chi connectivity index (χ0n) is 23.8. The summed E-state index contributed by atoms with van der Waals surface area (Å²) in [4.78, 5) is 4.79. The van der Waals surface area contributed by atoms with Crippen LogP contribution in [0.25, 0.3) is 43.6 Å². The molecule has 0 spiro atoms. The number of pyridine rings is 1. The molecule has 0 aliphatic carbocycles. The predicted molar refractivity (Wildman–Crippen MR) is 181 cm³/mol. The van der Waals surface area contributed by atoms with Crippen LogP contribution in [0.2, 0.25) is 0 Å². The monoisotopic (exact) mass is 585 g/mol. The van der Waals surface area contributed by atoms with E-state index >= 15 is 0 Å². The molecule has 0 radical (unpaired) electrons. The van der Waals surface area contributed by atoms with Crippen LogP contribution >= 0.6 is 18.5 Å². The lowest BCUT2D eigenvalue weighted by Crippen LogP contribution is -2.20. The molecule has 5 nitrogen and oxygen atoms in total. The molecule has 0 fully saturated rings. The third-order valence-electron chi connectivity index (χ3n) is 8.17. The van der Waals surface area contributed by atoms with Crippen molar-refractivity contribution in [2.24, 2.45) is 14.1 Å². The molecular formula is C35H29N3O2P2. The summed E-state index contributed by atoms with van der Waals surface area (Å²) in [5.41, 5.74) is 7.71. The maximum absolute atomic E-state index is 6.66. The first kappa shape index (κ1) is 26.5. The average Bonchev–Trinajstić information content (AvgIpc) is 3.42. The van der Waals surface area contributed by atoms with Gasteiger partial charge in [-0.15, -0.1) is 15.7 Å². The molecule has 3 aromatic heterocycles. The van der Waals surface area contributed by atoms with Gasteiger partial charge in [0.25, 0.3) is 5.88 Å². The Morgan fingerprint density at radius 1 is 0.690 bits per heavy atom. The molecule has 42 heavy (non-hydrogen) atoms. The van der Waals surface area contributed by atoms with Crippen LogP contribution in [0, 0.1) is 26.2 Å². The van der Waals surface area contributed by atoms with Gasteiger partial charge in [-0.05, 0) is 49.2 Å². The van der Waals surface area contributed by atoms with Gasteiger partial charge < -0.3 is 18.6 Å². The Hall–Kier alpha value is -4.35. The fraction of sp³-hybridized carbons (Fsp3) is 0.114. The second-order valence-corrected chi connectivity index (χ2v) is 11.8. The van der Waals surface area contributed by atoms with Crippen molar-refractivity contribution in [3.05, 3.63) is 89.5 Å². The van der Waals surface area contributed by atoms with Gasteiger partial charge in [0.05, 0.1) is 22.0 Å². The Labute approximate surface area is 248 Å². The summed E-state index contributed by atoms with van der Waals surface area (Å²) in [6, 6.07) is 25.3. The zero-order valence-corrected chi connectivity index (χ0v) is 26.1. The van der Waals surface area contributed by atoms with Gasteiger partial charge in [0.1, 0.15) is 11.5 Å². The molecule has 0 saturated heterocycles. The van der Waals surface area contributed by atoms with Crippen LogP contribution < -0.4 is 20.2 Å². The molecule has 0 saturated carbocycles. The lowest BCUT2D eigenvalue weighted by atomic mass is 10.1. The summed E-state index contributed by atoms with van der Waals surface area (Å²) in [6.07, 6.45) is 6.06. The minimum atomic E-state index is 0.317. The molecule has 7 heteroatoms. The van der Waals surface area contributed by atoms with Crippen molar-refractivity contribution in [3.8, 4) is 35.5 Å². The third-order valence-corrected chi connectivity index (χ3v) is 9.53. The number of hydrogen-bond donors (Lipinski definition) is 0. The van der Waals surface area contributed by atoms with Crippen molar-refractivity contribution >= 4 is 72.8 Å². The largest absolute Gasteiger partial charge is 0.450 e. The fourth-order valence-electron chi connectivity index (χ4n) is 5.91. The fourth-order valence-corrected chi connectivity index (χ4v) is 6.45. The topological polar surface area (TPSA) is 41.2 Å². The van der Waals surface area contributed by atoms with Gasteiger partial charge in [0.2, 0.25) is 5.75 Å². The second-order valence-electron chi connectivity index (χ2n) is 10.7. The number of nitrogens with zero attached hydrogens (tertiary/aromatic N) is 3. The molecule has 7 aromatic rings. The maximum atomic E-state index is 6.66. The molecule has 4 aromatic carbocycles. The van der Waals surface area contributed by atoms with E-state index in [4.69, 9.17) is 20.9 Å². The predicted octanol–water partition coefficient (Wildman–Crippen LogP) is 7.55. The Morgan fingerprint density at radius 2 is 1.19 bits per heavy atom. The van der Waals surface area contributed by atoms with Crippen LogP contribution in [0.15, 0.2) is 72.8 Å². The van der Waals surface area contributed by atoms with Gasteiger partial charge in [-0.25, -0.2) is 4.98 Å². The molecule has 0 aliphatic heterocycles. The second kappa shape index (κ2) is 9.88. The standard InChI is InChI=1S/C35H29N3O2P2/c1-6-21-32(39-30-17-28-24(15-19(30)2)22-11-7-9-13-26(22)37(28)4)34(36-35(42)33(21)41)40-31-18-29-25(16-20(31)3)23-12-8-10-14-27(23)38(29)5/h1,7-18H,41-42H2,2-5H3. The summed E-state index contributed by atoms with van der Waals surface area (Å²) in [5.74, 6) is 4.93. The molecule has 3 heterocycles. The summed E-state index contributed by atoms with van der Waals surface area (Å²) < 4.78 is 17.6. The van der Waals surface area contributed by atoms with Gasteiger partial charge in [0.15, 0.2) is 0 Å². The van der Waals surface area contributed by atoms with Crippen LogP contribution in [0.1, 0.15) is 16.7 Å². The van der Waals surface area contributed by atoms with Gasteiger partial charge in [-0.1, -0.05) is 51.6 Å². The van der Waals surface area contributed by atoms with Crippen LogP contribution in [-0.2, 0) is 14.1 Å². The van der Waals surface area contributed by atoms with Crippen molar-refractivity contribution in [1.82, 2.24) is 14.1 Å². The van der Waals surface area contributed by atoms with Crippen LogP contribution in [0.3, 0.4) is 0 Å². The number of ether oxygens (including phenoxy) is 2. The molecule has 2 unspecified atom stereocenters. The highest BCUT2D eigenvalue weighted by Gasteiger charge is 2.22. The van der Waals surface area contributed by atoms with E-state index in [1.165, 1.54) is 27.1 Å². The number of fused-ring (bicyclic) bond motifs is 6. The number of hydrogen-bond acceptors (Lipinski definition) is 3. The smallest absolute Gasteiger partial charge is 0.265 e. The number of rotatable bonds is 4. The van der Waals surface area contributed by atoms with E-state index in [-0.39, 0.29) is 0 Å². The van der Waals surface area contributed by atoms with Crippen LogP contribution in [-0.4, -0.2) is 14.1 Å². The summed E-state index contributed by atoms with van der Waals surface area (Å²) >= 11 is 0. The van der Waals surface area contributed by atoms with Crippen LogP contribution in [0.4, 0.5) is 0 Å². The minimum absolute atomic E-state index is 0.317. The molecule has 206 valence electrons. The lowest BCUT2D eigenvalue weighted by Gasteiger charge is -2.18. The van der Waals surface area contributed by atoms with E-state index < -0.39 is 0 Å². The van der Waals surface area contributed by atoms with Gasteiger partial charge >= 0.3 is 0 Å². The zero-order chi connectivity index (χ0) is 29.3. The highest BCUT2D eigenvalue weighted by Crippen LogP contribution is 2.41. The van der Waals surface area contributed by atoms with Crippen LogP contribution in [0.5, 0.6) is 23.1 Å². The van der Waals surface area contributed by atoms with Crippen molar-refractivity contribution in [2.45, 2.75) is 13.8 Å². The van der Waals surface area contributed by atoms with Crippen molar-refractivity contribution in [1.29, 1.82) is 0 Å². The first-order valence-electron chi connectivity index (χ1n) is 13.6. The van der Waals surface area contributed by atoms with E-state index in [2.05, 4.69) is 120 Å². The average molecular weight is 586 g/mol. The number of aromatic nitrogens is 3. The van der Waals surface area contributed by atoms with Crippen molar-refractivity contribution in [2.75, 3.05) is 0 Å². The van der Waals surface area contributed by atoms with E-state index in [0.29, 0.717) is 34.1 Å². The Balaban J connectivity index is 1.38. The molecule has 7 rings (SSSR count). The molecular weight excluding hydrogens is 556 g/mol. The van der Waals surface area contributed by atoms with E-state index in [0.717, 1.165) is 33.0 Å². The number of benzene rings is 4. The Kier molecular flexibility index (Phi) is 6.25. The Morgan fingerprint density at radius 3 is 1.71 bits per heavy atom. The summed E-state index contributed by atoms with van der Waals surface area (Å²) in [7, 11) is 9.49. The van der Waals surface area contributed by atoms with E-state index in [1.807, 2.05) is 13.8 Å². The normalized spacial score (nSPS) is 11.5.